The van der Waals surface area contributed by atoms with Crippen molar-refractivity contribution in [1.29, 1.82) is 0 Å². The lowest BCUT2D eigenvalue weighted by Gasteiger charge is -2.32. The van der Waals surface area contributed by atoms with Gasteiger partial charge in [0.1, 0.15) is 5.75 Å². The summed E-state index contributed by atoms with van der Waals surface area (Å²) in [6.45, 7) is 1.64. The maximum atomic E-state index is 13.3. The van der Waals surface area contributed by atoms with E-state index in [-0.39, 0.29) is 37.0 Å². The predicted molar refractivity (Wildman–Crippen MR) is 126 cm³/mol. The standard InChI is InChI=1S/C25H30N4O5/c1-28(25(33)10-16-5-6-17-12-24(32)27-21(17)9-16)22(14-29-8-7-19(30)13-29)18-3-2-4-20(11-18)34-15-23(26)31/h2-6,9,11,19,22,30H,7-8,10,12-15H2,1H3,(H2,26,31)(H,27,32)/t19-,22-/m1/s1. The molecule has 9 nitrogen and oxygen atoms in total. The van der Waals surface area contributed by atoms with Gasteiger partial charge in [0.25, 0.3) is 5.91 Å². The summed E-state index contributed by atoms with van der Waals surface area (Å²) < 4.78 is 5.47. The van der Waals surface area contributed by atoms with Crippen molar-refractivity contribution < 1.29 is 24.2 Å². The molecule has 0 aromatic heterocycles. The monoisotopic (exact) mass is 466 g/mol. The number of carbonyl (C=O) groups is 3. The highest BCUT2D eigenvalue weighted by molar-refractivity contribution is 5.99. The van der Waals surface area contributed by atoms with Crippen molar-refractivity contribution in [2.75, 3.05) is 38.6 Å². The van der Waals surface area contributed by atoms with Crippen LogP contribution in [0.4, 0.5) is 5.69 Å². The zero-order valence-electron chi connectivity index (χ0n) is 19.2. The fraction of sp³-hybridized carbons (Fsp3) is 0.400. The van der Waals surface area contributed by atoms with Crippen molar-refractivity contribution in [3.05, 3.63) is 59.2 Å². The summed E-state index contributed by atoms with van der Waals surface area (Å²) in [6, 6.07) is 12.6. The Labute approximate surface area is 198 Å². The van der Waals surface area contributed by atoms with Crippen LogP contribution in [0.25, 0.3) is 0 Å². The minimum Gasteiger partial charge on any atom is -0.484 e. The number of carbonyl (C=O) groups excluding carboxylic acids is 3. The molecule has 2 aromatic carbocycles. The van der Waals surface area contributed by atoms with Gasteiger partial charge < -0.3 is 25.8 Å². The summed E-state index contributed by atoms with van der Waals surface area (Å²) in [7, 11) is 1.77. The quantitative estimate of drug-likeness (QED) is 0.503. The van der Waals surface area contributed by atoms with E-state index in [9.17, 15) is 19.5 Å². The van der Waals surface area contributed by atoms with Gasteiger partial charge in [-0.15, -0.1) is 0 Å². The molecular weight excluding hydrogens is 436 g/mol. The van der Waals surface area contributed by atoms with E-state index in [4.69, 9.17) is 10.5 Å². The number of benzene rings is 2. The third-order valence-electron chi connectivity index (χ3n) is 6.32. The Balaban J connectivity index is 1.52. The smallest absolute Gasteiger partial charge is 0.255 e. The number of nitrogens with two attached hydrogens (primary N) is 1. The lowest BCUT2D eigenvalue weighted by atomic mass is 10.0. The molecule has 1 fully saturated rings. The second-order valence-corrected chi connectivity index (χ2v) is 8.94. The van der Waals surface area contributed by atoms with Gasteiger partial charge in [0.15, 0.2) is 6.61 Å². The Bertz CT molecular complexity index is 1090. The third kappa shape index (κ3) is 5.73. The number of amides is 3. The molecule has 4 N–H and O–H groups in total. The van der Waals surface area contributed by atoms with Crippen LogP contribution in [0.15, 0.2) is 42.5 Å². The molecule has 0 bridgehead atoms. The molecule has 0 spiro atoms. The fourth-order valence-electron chi connectivity index (χ4n) is 4.48. The number of anilines is 1. The molecule has 34 heavy (non-hydrogen) atoms. The average Bonchev–Trinajstić information content (AvgIpc) is 3.39. The van der Waals surface area contributed by atoms with Crippen molar-refractivity contribution in [3.63, 3.8) is 0 Å². The maximum absolute atomic E-state index is 13.3. The fourth-order valence-corrected chi connectivity index (χ4v) is 4.48. The molecular formula is C25H30N4O5. The first kappa shape index (κ1) is 23.7. The number of β-amino-alcohol motifs (C(OH)–C–C–N with tert-alkyl or cyclic N) is 1. The van der Waals surface area contributed by atoms with Crippen LogP contribution in [0.5, 0.6) is 5.75 Å². The highest BCUT2D eigenvalue weighted by Gasteiger charge is 2.29. The zero-order valence-corrected chi connectivity index (χ0v) is 19.2. The molecule has 2 heterocycles. The third-order valence-corrected chi connectivity index (χ3v) is 6.32. The zero-order chi connectivity index (χ0) is 24.2. The molecule has 2 aliphatic heterocycles. The predicted octanol–water partition coefficient (Wildman–Crippen LogP) is 0.854. The SMILES string of the molecule is CN(C(=O)Cc1ccc2c(c1)NC(=O)C2)[C@H](CN1CC[C@@H](O)C1)c1cccc(OCC(N)=O)c1. The van der Waals surface area contributed by atoms with E-state index in [1.165, 1.54) is 0 Å². The largest absolute Gasteiger partial charge is 0.484 e. The van der Waals surface area contributed by atoms with E-state index in [2.05, 4.69) is 10.2 Å². The Morgan fingerprint density at radius 3 is 2.85 bits per heavy atom. The van der Waals surface area contributed by atoms with Gasteiger partial charge in [-0.3, -0.25) is 19.3 Å². The van der Waals surface area contributed by atoms with Crippen molar-refractivity contribution in [1.82, 2.24) is 9.80 Å². The van der Waals surface area contributed by atoms with Crippen molar-refractivity contribution in [3.8, 4) is 5.75 Å². The van der Waals surface area contributed by atoms with Gasteiger partial charge >= 0.3 is 0 Å². The van der Waals surface area contributed by atoms with Crippen LogP contribution in [-0.4, -0.2) is 72.0 Å². The van der Waals surface area contributed by atoms with E-state index in [0.717, 1.165) is 28.9 Å². The molecule has 2 aliphatic rings. The number of aliphatic hydroxyl groups excluding tert-OH is 1. The van der Waals surface area contributed by atoms with Gasteiger partial charge in [0.2, 0.25) is 11.8 Å². The second kappa shape index (κ2) is 10.2. The Morgan fingerprint density at radius 1 is 1.29 bits per heavy atom. The lowest BCUT2D eigenvalue weighted by Crippen LogP contribution is -2.39. The van der Waals surface area contributed by atoms with E-state index < -0.39 is 5.91 Å². The van der Waals surface area contributed by atoms with E-state index in [1.54, 1.807) is 18.0 Å². The maximum Gasteiger partial charge on any atom is 0.255 e. The van der Waals surface area contributed by atoms with Crippen molar-refractivity contribution in [2.24, 2.45) is 5.73 Å². The van der Waals surface area contributed by atoms with Gasteiger partial charge in [0, 0.05) is 32.4 Å². The number of ether oxygens (including phenoxy) is 1. The summed E-state index contributed by atoms with van der Waals surface area (Å²) in [5.41, 5.74) is 8.58. The van der Waals surface area contributed by atoms with Crippen molar-refractivity contribution >= 4 is 23.4 Å². The Morgan fingerprint density at radius 2 is 2.12 bits per heavy atom. The summed E-state index contributed by atoms with van der Waals surface area (Å²) >= 11 is 0. The highest BCUT2D eigenvalue weighted by atomic mass is 16.5. The topological polar surface area (TPSA) is 125 Å². The first-order valence-electron chi connectivity index (χ1n) is 11.4. The number of rotatable bonds is 9. The molecule has 2 aromatic rings. The van der Waals surface area contributed by atoms with Crippen molar-refractivity contribution in [2.45, 2.75) is 31.4 Å². The normalized spacial score (nSPS) is 18.3. The number of primary amides is 1. The first-order chi connectivity index (χ1) is 16.3. The number of nitrogens with zero attached hydrogens (tertiary/aromatic N) is 2. The van der Waals surface area contributed by atoms with E-state index in [1.807, 2.05) is 36.4 Å². The number of likely N-dealkylation sites (tertiary alicyclic amines) is 1. The van der Waals surface area contributed by atoms with Gasteiger partial charge in [-0.05, 0) is 41.3 Å². The molecule has 0 aliphatic carbocycles. The van der Waals surface area contributed by atoms with Crippen LogP contribution in [0.1, 0.15) is 29.2 Å². The molecule has 0 radical (unpaired) electrons. The van der Waals surface area contributed by atoms with Crippen LogP contribution < -0.4 is 15.8 Å². The van der Waals surface area contributed by atoms with Crippen LogP contribution in [0, 0.1) is 0 Å². The minimum absolute atomic E-state index is 0.0399. The summed E-state index contributed by atoms with van der Waals surface area (Å²) in [5.74, 6) is -0.178. The molecule has 0 saturated carbocycles. The second-order valence-electron chi connectivity index (χ2n) is 8.94. The van der Waals surface area contributed by atoms with Gasteiger partial charge in [-0.1, -0.05) is 24.3 Å². The lowest BCUT2D eigenvalue weighted by molar-refractivity contribution is -0.131. The number of hydrogen-bond donors (Lipinski definition) is 3. The molecule has 1 saturated heterocycles. The molecule has 4 rings (SSSR count). The Hall–Kier alpha value is -3.43. The average molecular weight is 467 g/mol. The van der Waals surface area contributed by atoms with E-state index >= 15 is 0 Å². The summed E-state index contributed by atoms with van der Waals surface area (Å²) in [5, 5.41) is 12.8. The number of fused-ring (bicyclic) bond motifs is 1. The van der Waals surface area contributed by atoms with Crippen LogP contribution in [-0.2, 0) is 27.2 Å². The number of hydrogen-bond acceptors (Lipinski definition) is 6. The van der Waals surface area contributed by atoms with Gasteiger partial charge in [-0.2, -0.15) is 0 Å². The van der Waals surface area contributed by atoms with Gasteiger partial charge in [-0.25, -0.2) is 0 Å². The number of aliphatic hydroxyl groups is 1. The Kier molecular flexibility index (Phi) is 7.14. The number of likely N-dealkylation sites (N-methyl/N-ethyl adjacent to an activating group) is 1. The van der Waals surface area contributed by atoms with Gasteiger partial charge in [0.05, 0.1) is 25.0 Å². The van der Waals surface area contributed by atoms with Crippen LogP contribution >= 0.6 is 0 Å². The highest BCUT2D eigenvalue weighted by Crippen LogP contribution is 2.28. The summed E-state index contributed by atoms with van der Waals surface area (Å²) in [6.07, 6.45) is 0.888. The van der Waals surface area contributed by atoms with E-state index in [0.29, 0.717) is 31.7 Å². The molecule has 180 valence electrons. The molecule has 3 amide bonds. The summed E-state index contributed by atoms with van der Waals surface area (Å²) in [4.78, 5) is 39.9. The molecule has 9 heteroatoms. The van der Waals surface area contributed by atoms with Crippen LogP contribution in [0.2, 0.25) is 0 Å². The molecule has 2 atom stereocenters. The van der Waals surface area contributed by atoms with Crippen LogP contribution in [0.3, 0.4) is 0 Å². The minimum atomic E-state index is -0.564. The molecule has 0 unspecified atom stereocenters. The number of nitrogens with one attached hydrogen (secondary N) is 1. The first-order valence-corrected chi connectivity index (χ1v) is 11.4.